The summed E-state index contributed by atoms with van der Waals surface area (Å²) >= 11 is 0. The van der Waals surface area contributed by atoms with Crippen LogP contribution in [0.1, 0.15) is 42.9 Å². The van der Waals surface area contributed by atoms with Crippen LogP contribution in [0, 0.1) is 0 Å². The van der Waals surface area contributed by atoms with Crippen LogP contribution in [0.15, 0.2) is 60.7 Å². The first-order chi connectivity index (χ1) is 11.8. The van der Waals surface area contributed by atoms with Crippen LogP contribution in [0.5, 0.6) is 0 Å². The zero-order chi connectivity index (χ0) is 16.4. The molecule has 3 atom stereocenters. The molecule has 4 rings (SSSR count). The number of carbonyl (C=O) groups is 1. The quantitative estimate of drug-likeness (QED) is 0.894. The Labute approximate surface area is 143 Å². The summed E-state index contributed by atoms with van der Waals surface area (Å²) in [5.41, 5.74) is 2.58. The van der Waals surface area contributed by atoms with Crippen molar-refractivity contribution in [1.82, 2.24) is 10.2 Å². The predicted molar refractivity (Wildman–Crippen MR) is 95.7 cm³/mol. The van der Waals surface area contributed by atoms with Crippen molar-refractivity contribution in [1.29, 1.82) is 0 Å². The molecule has 3 nitrogen and oxygen atoms in total. The lowest BCUT2D eigenvalue weighted by molar-refractivity contribution is 0.137. The highest BCUT2D eigenvalue weighted by Gasteiger charge is 2.41. The van der Waals surface area contributed by atoms with Gasteiger partial charge < -0.3 is 10.2 Å². The Morgan fingerprint density at radius 1 is 0.958 bits per heavy atom. The number of carbonyl (C=O) groups excluding carboxylic acids is 1. The molecule has 2 aliphatic heterocycles. The van der Waals surface area contributed by atoms with E-state index in [0.29, 0.717) is 12.1 Å². The molecule has 2 saturated heterocycles. The molecule has 2 aliphatic rings. The summed E-state index contributed by atoms with van der Waals surface area (Å²) in [6.07, 6.45) is 5.40. The van der Waals surface area contributed by atoms with Crippen LogP contribution >= 0.6 is 0 Å². The summed E-state index contributed by atoms with van der Waals surface area (Å²) in [5, 5.41) is 3.22. The van der Waals surface area contributed by atoms with Crippen LogP contribution in [-0.4, -0.2) is 23.0 Å². The van der Waals surface area contributed by atoms with Gasteiger partial charge in [0, 0.05) is 12.1 Å². The van der Waals surface area contributed by atoms with Gasteiger partial charge in [0.25, 0.3) is 0 Å². The number of fused-ring (bicyclic) bond motifs is 1. The number of rotatable bonds is 4. The van der Waals surface area contributed by atoms with Gasteiger partial charge in [-0.3, -0.25) is 0 Å². The van der Waals surface area contributed by atoms with E-state index < -0.39 is 0 Å². The van der Waals surface area contributed by atoms with Gasteiger partial charge in [-0.25, -0.2) is 4.79 Å². The van der Waals surface area contributed by atoms with Crippen LogP contribution in [0.4, 0.5) is 4.79 Å². The molecule has 0 unspecified atom stereocenters. The van der Waals surface area contributed by atoms with Gasteiger partial charge in [0.05, 0.1) is 6.04 Å². The first-order valence-corrected chi connectivity index (χ1v) is 8.99. The van der Waals surface area contributed by atoms with E-state index in [1.807, 2.05) is 18.2 Å². The van der Waals surface area contributed by atoms with E-state index in [1.165, 1.54) is 11.1 Å². The zero-order valence-electron chi connectivity index (χ0n) is 13.9. The topological polar surface area (TPSA) is 32.3 Å². The molecule has 2 fully saturated rings. The molecule has 0 aromatic heterocycles. The molecule has 0 aliphatic carbocycles. The number of nitrogens with one attached hydrogen (secondary N) is 1. The molecular weight excluding hydrogens is 296 g/mol. The maximum absolute atomic E-state index is 12.7. The first kappa shape index (κ1) is 15.3. The van der Waals surface area contributed by atoms with Gasteiger partial charge in [0.15, 0.2) is 0 Å². The minimum atomic E-state index is 0.121. The number of amides is 2. The Balaban J connectivity index is 1.41. The van der Waals surface area contributed by atoms with Crippen molar-refractivity contribution >= 4 is 6.03 Å². The zero-order valence-corrected chi connectivity index (χ0v) is 13.9. The molecule has 0 radical (unpaired) electrons. The van der Waals surface area contributed by atoms with Crippen LogP contribution < -0.4 is 5.32 Å². The monoisotopic (exact) mass is 320 g/mol. The Kier molecular flexibility index (Phi) is 4.24. The summed E-state index contributed by atoms with van der Waals surface area (Å²) in [4.78, 5) is 14.8. The standard InChI is InChI=1S/C21H24N2O/c24-21-22-20(17-9-5-2-6-10-17)15-19-14-13-18(23(19)21)12-11-16-7-3-1-4-8-16/h1-10,18-20H,11-15H2,(H,22,24)/t18-,19+,20+/m0/s1. The Hall–Kier alpha value is -2.29. The van der Waals surface area contributed by atoms with E-state index in [4.69, 9.17) is 0 Å². The minimum Gasteiger partial charge on any atom is -0.331 e. The van der Waals surface area contributed by atoms with E-state index >= 15 is 0 Å². The van der Waals surface area contributed by atoms with Crippen molar-refractivity contribution < 1.29 is 4.79 Å². The van der Waals surface area contributed by atoms with E-state index in [1.54, 1.807) is 0 Å². The van der Waals surface area contributed by atoms with Gasteiger partial charge in [-0.1, -0.05) is 60.7 Å². The van der Waals surface area contributed by atoms with Crippen molar-refractivity contribution in [3.8, 4) is 0 Å². The average molecular weight is 320 g/mol. The number of aryl methyl sites for hydroxylation is 1. The van der Waals surface area contributed by atoms with Crippen LogP contribution in [0.3, 0.4) is 0 Å². The van der Waals surface area contributed by atoms with Gasteiger partial charge in [-0.05, 0) is 43.2 Å². The second-order valence-corrected chi connectivity index (χ2v) is 6.97. The van der Waals surface area contributed by atoms with Gasteiger partial charge in [0.1, 0.15) is 0 Å². The number of nitrogens with zero attached hydrogens (tertiary/aromatic N) is 1. The highest BCUT2D eigenvalue weighted by molar-refractivity contribution is 5.77. The largest absolute Gasteiger partial charge is 0.331 e. The highest BCUT2D eigenvalue weighted by atomic mass is 16.2. The molecule has 3 heteroatoms. The predicted octanol–water partition coefficient (Wildman–Crippen LogP) is 4.31. The molecule has 1 N–H and O–H groups in total. The second-order valence-electron chi connectivity index (χ2n) is 6.97. The van der Waals surface area contributed by atoms with Crippen LogP contribution in [0.2, 0.25) is 0 Å². The third-order valence-corrected chi connectivity index (χ3v) is 5.47. The molecule has 2 amide bonds. The highest BCUT2D eigenvalue weighted by Crippen LogP contribution is 2.36. The molecule has 2 aromatic rings. The second kappa shape index (κ2) is 6.68. The maximum atomic E-state index is 12.7. The van der Waals surface area contributed by atoms with Crippen molar-refractivity contribution in [2.24, 2.45) is 0 Å². The molecule has 24 heavy (non-hydrogen) atoms. The summed E-state index contributed by atoms with van der Waals surface area (Å²) in [6.45, 7) is 0. The molecule has 0 saturated carbocycles. The number of hydrogen-bond acceptors (Lipinski definition) is 1. The summed E-state index contributed by atoms with van der Waals surface area (Å²) in [6, 6.07) is 22.0. The Morgan fingerprint density at radius 2 is 1.67 bits per heavy atom. The van der Waals surface area contributed by atoms with E-state index in [9.17, 15) is 4.79 Å². The SMILES string of the molecule is O=C1N[C@@H](c2ccccc2)C[C@H]2CC[C@H](CCc3ccccc3)N12. The van der Waals surface area contributed by atoms with Gasteiger partial charge in [-0.15, -0.1) is 0 Å². The van der Waals surface area contributed by atoms with Crippen molar-refractivity contribution in [3.05, 3.63) is 71.8 Å². The third-order valence-electron chi connectivity index (χ3n) is 5.47. The summed E-state index contributed by atoms with van der Waals surface area (Å²) < 4.78 is 0. The van der Waals surface area contributed by atoms with Crippen molar-refractivity contribution in [2.45, 2.75) is 50.2 Å². The number of hydrogen-bond donors (Lipinski definition) is 1. The lowest BCUT2D eigenvalue weighted by Crippen LogP contribution is -2.53. The lowest BCUT2D eigenvalue weighted by atomic mass is 9.96. The molecule has 0 spiro atoms. The Bertz CT molecular complexity index is 679. The fourth-order valence-corrected chi connectivity index (χ4v) is 4.24. The summed E-state index contributed by atoms with van der Waals surface area (Å²) in [7, 11) is 0. The third kappa shape index (κ3) is 3.03. The first-order valence-electron chi connectivity index (χ1n) is 8.99. The van der Waals surface area contributed by atoms with Crippen molar-refractivity contribution in [2.75, 3.05) is 0 Å². The lowest BCUT2D eigenvalue weighted by Gasteiger charge is -2.39. The average Bonchev–Trinajstić information content (AvgIpc) is 3.05. The minimum absolute atomic E-state index is 0.121. The molecule has 124 valence electrons. The molecule has 2 heterocycles. The Morgan fingerprint density at radius 3 is 2.42 bits per heavy atom. The molecule has 2 aromatic carbocycles. The molecule has 0 bridgehead atoms. The summed E-state index contributed by atoms with van der Waals surface area (Å²) in [5.74, 6) is 0. The fraction of sp³-hybridized carbons (Fsp3) is 0.381. The normalized spacial score (nSPS) is 26.1. The van der Waals surface area contributed by atoms with Gasteiger partial charge in [-0.2, -0.15) is 0 Å². The van der Waals surface area contributed by atoms with E-state index in [2.05, 4.69) is 52.7 Å². The smallest absolute Gasteiger partial charge is 0.318 e. The van der Waals surface area contributed by atoms with Gasteiger partial charge in [0.2, 0.25) is 0 Å². The van der Waals surface area contributed by atoms with E-state index in [0.717, 1.165) is 32.1 Å². The van der Waals surface area contributed by atoms with Crippen molar-refractivity contribution in [3.63, 3.8) is 0 Å². The van der Waals surface area contributed by atoms with E-state index in [-0.39, 0.29) is 12.1 Å². The maximum Gasteiger partial charge on any atom is 0.318 e. The van der Waals surface area contributed by atoms with Crippen LogP contribution in [-0.2, 0) is 6.42 Å². The number of benzene rings is 2. The fourth-order valence-electron chi connectivity index (χ4n) is 4.24. The van der Waals surface area contributed by atoms with Gasteiger partial charge >= 0.3 is 6.03 Å². The number of urea groups is 1. The van der Waals surface area contributed by atoms with Crippen LogP contribution in [0.25, 0.3) is 0 Å². The molecular formula is C21H24N2O.